The summed E-state index contributed by atoms with van der Waals surface area (Å²) in [6, 6.07) is 1.51. The molecule has 1 aliphatic carbocycles. The molecule has 1 heterocycles. The average molecular weight is 360 g/mol. The summed E-state index contributed by atoms with van der Waals surface area (Å²) >= 11 is 0. The quantitative estimate of drug-likeness (QED) is 0.793. The molecule has 2 aliphatic rings. The first-order valence-electron chi connectivity index (χ1n) is 7.79. The highest BCUT2D eigenvalue weighted by atomic mass is 19.4. The Labute approximate surface area is 140 Å². The van der Waals surface area contributed by atoms with Gasteiger partial charge in [0.15, 0.2) is 0 Å². The highest BCUT2D eigenvalue weighted by Gasteiger charge is 2.55. The zero-order valence-corrected chi connectivity index (χ0v) is 13.1. The minimum atomic E-state index is -4.87. The summed E-state index contributed by atoms with van der Waals surface area (Å²) in [6.45, 7) is 0.262. The predicted octanol–water partition coefficient (Wildman–Crippen LogP) is 3.56. The third-order valence-corrected chi connectivity index (χ3v) is 5.11. The highest BCUT2D eigenvalue weighted by Crippen LogP contribution is 2.49. The molecular weight excluding hydrogens is 344 g/mol. The van der Waals surface area contributed by atoms with Gasteiger partial charge < -0.3 is 15.3 Å². The molecule has 0 unspecified atom stereocenters. The molecule has 1 saturated heterocycles. The molecule has 3 rings (SSSR count). The van der Waals surface area contributed by atoms with Crippen LogP contribution in [0, 0.1) is 17.2 Å². The molecule has 2 atom stereocenters. The van der Waals surface area contributed by atoms with Crippen molar-refractivity contribution in [2.75, 3.05) is 18.4 Å². The van der Waals surface area contributed by atoms with Crippen LogP contribution in [0.4, 0.5) is 28.0 Å². The number of benzene rings is 1. The standard InChI is InChI=1S/C16H16F4N2O3/c17-12-4-3-10(6-11(12)16(18,19)20)21-14(25)22-7-9-2-1-5-15(9,8-22)13(23)24/h3-4,6,9H,1-2,5,7-8H2,(H,21,25)(H,23,24)/t9-,15+/m0/s1. The van der Waals surface area contributed by atoms with Gasteiger partial charge in [0, 0.05) is 18.8 Å². The SMILES string of the molecule is O=C(Nc1ccc(F)c(C(F)(F)F)c1)N1C[C@@H]2CCC[C@@]2(C(=O)O)C1. The van der Waals surface area contributed by atoms with Gasteiger partial charge in [0.1, 0.15) is 5.82 Å². The van der Waals surface area contributed by atoms with Crippen molar-refractivity contribution in [1.82, 2.24) is 4.90 Å². The Hall–Kier alpha value is -2.32. The zero-order chi connectivity index (χ0) is 18.4. The van der Waals surface area contributed by atoms with Crippen LogP contribution in [0.3, 0.4) is 0 Å². The molecule has 2 fully saturated rings. The van der Waals surface area contributed by atoms with Crippen LogP contribution in [0.15, 0.2) is 18.2 Å². The molecule has 2 N–H and O–H groups in total. The number of carboxylic acids is 1. The number of fused-ring (bicyclic) bond motifs is 1. The molecule has 136 valence electrons. The van der Waals surface area contributed by atoms with Crippen LogP contribution < -0.4 is 5.32 Å². The van der Waals surface area contributed by atoms with Gasteiger partial charge in [0.05, 0.1) is 11.0 Å². The summed E-state index contributed by atoms with van der Waals surface area (Å²) in [6.07, 6.45) is -2.92. The maximum Gasteiger partial charge on any atom is 0.419 e. The van der Waals surface area contributed by atoms with E-state index in [2.05, 4.69) is 5.32 Å². The summed E-state index contributed by atoms with van der Waals surface area (Å²) in [7, 11) is 0. The lowest BCUT2D eigenvalue weighted by atomic mass is 9.81. The lowest BCUT2D eigenvalue weighted by molar-refractivity contribution is -0.149. The number of carbonyl (C=O) groups is 2. The van der Waals surface area contributed by atoms with Crippen molar-refractivity contribution in [3.8, 4) is 0 Å². The summed E-state index contributed by atoms with van der Waals surface area (Å²) in [5, 5.41) is 11.8. The van der Waals surface area contributed by atoms with Crippen LogP contribution in [0.1, 0.15) is 24.8 Å². The number of hydrogen-bond acceptors (Lipinski definition) is 2. The number of rotatable bonds is 2. The monoisotopic (exact) mass is 360 g/mol. The third-order valence-electron chi connectivity index (χ3n) is 5.11. The summed E-state index contributed by atoms with van der Waals surface area (Å²) < 4.78 is 51.5. The maximum atomic E-state index is 13.3. The van der Waals surface area contributed by atoms with Crippen LogP contribution in [0.25, 0.3) is 0 Å². The fourth-order valence-corrected chi connectivity index (χ4v) is 3.82. The fourth-order valence-electron chi connectivity index (χ4n) is 3.82. The molecule has 2 amide bonds. The van der Waals surface area contributed by atoms with E-state index in [4.69, 9.17) is 0 Å². The number of alkyl halides is 3. The van der Waals surface area contributed by atoms with Gasteiger partial charge in [-0.1, -0.05) is 6.42 Å². The van der Waals surface area contributed by atoms with Crippen molar-refractivity contribution in [3.63, 3.8) is 0 Å². The van der Waals surface area contributed by atoms with Crippen molar-refractivity contribution in [1.29, 1.82) is 0 Å². The Morgan fingerprint density at radius 3 is 2.64 bits per heavy atom. The molecule has 1 saturated carbocycles. The fraction of sp³-hybridized carbons (Fsp3) is 0.500. The van der Waals surface area contributed by atoms with Crippen LogP contribution in [-0.4, -0.2) is 35.1 Å². The second kappa shape index (κ2) is 5.89. The molecule has 0 radical (unpaired) electrons. The van der Waals surface area contributed by atoms with Crippen molar-refractivity contribution in [3.05, 3.63) is 29.6 Å². The minimum Gasteiger partial charge on any atom is -0.481 e. The number of aliphatic carboxylic acids is 1. The summed E-state index contributed by atoms with van der Waals surface area (Å²) in [4.78, 5) is 25.2. The van der Waals surface area contributed by atoms with Crippen LogP contribution in [-0.2, 0) is 11.0 Å². The average Bonchev–Trinajstić information content (AvgIpc) is 3.06. The van der Waals surface area contributed by atoms with E-state index in [0.29, 0.717) is 25.0 Å². The molecule has 5 nitrogen and oxygen atoms in total. The number of likely N-dealkylation sites (tertiary alicyclic amines) is 1. The van der Waals surface area contributed by atoms with Crippen LogP contribution in [0.2, 0.25) is 0 Å². The lowest BCUT2D eigenvalue weighted by Gasteiger charge is -2.23. The van der Waals surface area contributed by atoms with Gasteiger partial charge in [-0.3, -0.25) is 4.79 Å². The second-order valence-corrected chi connectivity index (χ2v) is 6.55. The number of nitrogens with one attached hydrogen (secondary N) is 1. The van der Waals surface area contributed by atoms with Gasteiger partial charge in [-0.15, -0.1) is 0 Å². The molecule has 25 heavy (non-hydrogen) atoms. The van der Waals surface area contributed by atoms with E-state index in [0.717, 1.165) is 12.5 Å². The van der Waals surface area contributed by atoms with Crippen molar-refractivity contribution >= 4 is 17.7 Å². The number of nitrogens with zero attached hydrogens (tertiary/aromatic N) is 1. The Bertz CT molecular complexity index is 722. The summed E-state index contributed by atoms with van der Waals surface area (Å²) in [5.41, 5.74) is -2.64. The van der Waals surface area contributed by atoms with Gasteiger partial charge in [0.25, 0.3) is 0 Å². The number of amides is 2. The topological polar surface area (TPSA) is 69.6 Å². The van der Waals surface area contributed by atoms with Crippen LogP contribution >= 0.6 is 0 Å². The zero-order valence-electron chi connectivity index (χ0n) is 13.1. The third kappa shape index (κ3) is 3.03. The predicted molar refractivity (Wildman–Crippen MR) is 79.4 cm³/mol. The molecule has 1 aliphatic heterocycles. The van der Waals surface area contributed by atoms with E-state index in [1.807, 2.05) is 0 Å². The molecule has 0 aromatic heterocycles. The van der Waals surface area contributed by atoms with Crippen molar-refractivity contribution in [2.45, 2.75) is 25.4 Å². The first-order valence-corrected chi connectivity index (χ1v) is 7.79. The molecule has 9 heteroatoms. The molecule has 1 aromatic carbocycles. The molecular formula is C16H16F4N2O3. The lowest BCUT2D eigenvalue weighted by Crippen LogP contribution is -2.38. The van der Waals surface area contributed by atoms with Crippen LogP contribution in [0.5, 0.6) is 0 Å². The number of halogens is 4. The number of urea groups is 1. The first-order chi connectivity index (χ1) is 11.6. The van der Waals surface area contributed by atoms with E-state index < -0.39 is 35.0 Å². The van der Waals surface area contributed by atoms with E-state index >= 15 is 0 Å². The number of carboxylic acid groups (broad SMARTS) is 1. The second-order valence-electron chi connectivity index (χ2n) is 6.55. The Morgan fingerprint density at radius 2 is 2.04 bits per heavy atom. The van der Waals surface area contributed by atoms with Gasteiger partial charge >= 0.3 is 18.2 Å². The van der Waals surface area contributed by atoms with Gasteiger partial charge in [0.2, 0.25) is 0 Å². The first kappa shape index (κ1) is 17.5. The normalized spacial score (nSPS) is 25.8. The minimum absolute atomic E-state index is 0.0200. The molecule has 1 aromatic rings. The van der Waals surface area contributed by atoms with Crippen molar-refractivity contribution in [2.24, 2.45) is 11.3 Å². The number of anilines is 1. The maximum absolute atomic E-state index is 13.3. The molecule has 0 bridgehead atoms. The smallest absolute Gasteiger partial charge is 0.419 e. The van der Waals surface area contributed by atoms with Gasteiger partial charge in [-0.25, -0.2) is 9.18 Å². The van der Waals surface area contributed by atoms with E-state index in [-0.39, 0.29) is 24.7 Å². The number of hydrogen-bond donors (Lipinski definition) is 2. The van der Waals surface area contributed by atoms with Crippen molar-refractivity contribution < 1.29 is 32.3 Å². The Balaban J connectivity index is 1.75. The van der Waals surface area contributed by atoms with Gasteiger partial charge in [-0.05, 0) is 37.0 Å². The summed E-state index contributed by atoms with van der Waals surface area (Å²) in [5.74, 6) is -2.54. The van der Waals surface area contributed by atoms with E-state index in [1.165, 1.54) is 4.90 Å². The largest absolute Gasteiger partial charge is 0.481 e. The van der Waals surface area contributed by atoms with Gasteiger partial charge in [-0.2, -0.15) is 13.2 Å². The number of carbonyl (C=O) groups excluding carboxylic acids is 1. The Kier molecular flexibility index (Phi) is 4.12. The van der Waals surface area contributed by atoms with E-state index in [9.17, 15) is 32.3 Å². The van der Waals surface area contributed by atoms with E-state index in [1.54, 1.807) is 0 Å². The molecule has 0 spiro atoms. The Morgan fingerprint density at radius 1 is 1.32 bits per heavy atom. The highest BCUT2D eigenvalue weighted by molar-refractivity contribution is 5.90.